The van der Waals surface area contributed by atoms with Gasteiger partial charge in [0.1, 0.15) is 11.1 Å². The first-order valence-corrected chi connectivity index (χ1v) is 12.6. The highest BCUT2D eigenvalue weighted by Gasteiger charge is 2.32. The van der Waals surface area contributed by atoms with E-state index in [0.29, 0.717) is 17.9 Å². The van der Waals surface area contributed by atoms with E-state index < -0.39 is 0 Å². The molecule has 5 nitrogen and oxygen atoms in total. The molecule has 0 bridgehead atoms. The second kappa shape index (κ2) is 11.3. The first-order valence-electron chi connectivity index (χ1n) is 11.6. The minimum absolute atomic E-state index is 0.0176. The number of hydrogen-bond acceptors (Lipinski definition) is 4. The molecule has 34 heavy (non-hydrogen) atoms. The molecule has 0 aromatic heterocycles. The van der Waals surface area contributed by atoms with E-state index in [0.717, 1.165) is 29.7 Å². The van der Waals surface area contributed by atoms with Gasteiger partial charge < -0.3 is 15.0 Å². The highest BCUT2D eigenvalue weighted by atomic mass is 32.2. The van der Waals surface area contributed by atoms with Gasteiger partial charge in [0.15, 0.2) is 0 Å². The number of thioether (sulfide) groups is 1. The highest BCUT2D eigenvalue weighted by molar-refractivity contribution is 8.00. The van der Waals surface area contributed by atoms with Gasteiger partial charge in [-0.25, -0.2) is 0 Å². The predicted molar refractivity (Wildman–Crippen MR) is 137 cm³/mol. The van der Waals surface area contributed by atoms with Crippen LogP contribution in [0.1, 0.15) is 51.8 Å². The largest absolute Gasteiger partial charge is 0.497 e. The molecule has 1 N–H and O–H groups in total. The van der Waals surface area contributed by atoms with E-state index in [1.54, 1.807) is 18.9 Å². The Morgan fingerprint density at radius 1 is 1.06 bits per heavy atom. The van der Waals surface area contributed by atoms with Crippen molar-refractivity contribution >= 4 is 23.6 Å². The quantitative estimate of drug-likeness (QED) is 0.452. The Balaban J connectivity index is 1.40. The Kier molecular flexibility index (Phi) is 7.91. The topological polar surface area (TPSA) is 58.6 Å². The Bertz CT molecular complexity index is 1100. The van der Waals surface area contributed by atoms with Crippen LogP contribution in [-0.4, -0.2) is 36.1 Å². The summed E-state index contributed by atoms with van der Waals surface area (Å²) in [7, 11) is 1.64. The van der Waals surface area contributed by atoms with Gasteiger partial charge in [0.05, 0.1) is 18.9 Å². The summed E-state index contributed by atoms with van der Waals surface area (Å²) in [5, 5.41) is 3.11. The number of rotatable bonds is 9. The van der Waals surface area contributed by atoms with E-state index in [2.05, 4.69) is 24.4 Å². The molecular weight excluding hydrogens is 444 g/mol. The van der Waals surface area contributed by atoms with Crippen LogP contribution in [0.25, 0.3) is 0 Å². The van der Waals surface area contributed by atoms with Crippen LogP contribution >= 0.6 is 11.8 Å². The maximum absolute atomic E-state index is 12.9. The van der Waals surface area contributed by atoms with Gasteiger partial charge in [0.25, 0.3) is 5.91 Å². The van der Waals surface area contributed by atoms with Gasteiger partial charge in [-0.2, -0.15) is 0 Å². The summed E-state index contributed by atoms with van der Waals surface area (Å²) in [5.74, 6) is 1.34. The third-order valence-corrected chi connectivity index (χ3v) is 7.40. The molecule has 1 aliphatic heterocycles. The van der Waals surface area contributed by atoms with E-state index in [1.807, 2.05) is 71.6 Å². The highest BCUT2D eigenvalue weighted by Crippen LogP contribution is 2.38. The van der Waals surface area contributed by atoms with Gasteiger partial charge in [-0.15, -0.1) is 11.8 Å². The van der Waals surface area contributed by atoms with Crippen LogP contribution in [0.15, 0.2) is 78.9 Å². The van der Waals surface area contributed by atoms with E-state index in [9.17, 15) is 9.59 Å². The maximum atomic E-state index is 12.9. The number of hydrogen-bond donors (Lipinski definition) is 1. The normalized spacial score (nSPS) is 16.4. The molecule has 0 unspecified atom stereocenters. The molecule has 0 radical (unpaired) electrons. The fraction of sp³-hybridized carbons (Fsp3) is 0.286. The molecule has 6 heteroatoms. The molecule has 1 saturated heterocycles. The van der Waals surface area contributed by atoms with Crippen LogP contribution < -0.4 is 10.1 Å². The average Bonchev–Trinajstić information content (AvgIpc) is 3.26. The molecule has 1 aliphatic rings. The SMILES string of the molecule is CC[C@@H](NC(=O)c1ccc([C@H]2SCC(=O)N2CCc2ccccc2)cc1)c1ccc(OC)cc1. The van der Waals surface area contributed by atoms with Crippen molar-refractivity contribution in [2.24, 2.45) is 0 Å². The zero-order chi connectivity index (χ0) is 23.9. The summed E-state index contributed by atoms with van der Waals surface area (Å²) < 4.78 is 5.22. The Hall–Kier alpha value is -3.25. The minimum atomic E-state index is -0.106. The summed E-state index contributed by atoms with van der Waals surface area (Å²) in [6.45, 7) is 2.74. The van der Waals surface area contributed by atoms with Crippen molar-refractivity contribution in [2.45, 2.75) is 31.2 Å². The lowest BCUT2D eigenvalue weighted by Crippen LogP contribution is -2.30. The molecule has 3 aromatic rings. The zero-order valence-electron chi connectivity index (χ0n) is 19.6. The third kappa shape index (κ3) is 5.62. The molecule has 2 amide bonds. The molecular formula is C28H30N2O3S. The lowest BCUT2D eigenvalue weighted by molar-refractivity contribution is -0.128. The van der Waals surface area contributed by atoms with Gasteiger partial charge in [0, 0.05) is 12.1 Å². The minimum Gasteiger partial charge on any atom is -0.497 e. The number of nitrogens with one attached hydrogen (secondary N) is 1. The maximum Gasteiger partial charge on any atom is 0.251 e. The van der Waals surface area contributed by atoms with Gasteiger partial charge in [-0.3, -0.25) is 9.59 Å². The van der Waals surface area contributed by atoms with Gasteiger partial charge in [-0.05, 0) is 53.8 Å². The molecule has 1 fully saturated rings. The van der Waals surface area contributed by atoms with E-state index in [1.165, 1.54) is 5.56 Å². The number of methoxy groups -OCH3 is 1. The second-order valence-corrected chi connectivity index (χ2v) is 9.38. The zero-order valence-corrected chi connectivity index (χ0v) is 20.4. The van der Waals surface area contributed by atoms with Crippen molar-refractivity contribution in [1.29, 1.82) is 0 Å². The van der Waals surface area contributed by atoms with Crippen LogP contribution in [0.5, 0.6) is 5.75 Å². The van der Waals surface area contributed by atoms with Crippen molar-refractivity contribution in [3.05, 3.63) is 101 Å². The fourth-order valence-corrected chi connectivity index (χ4v) is 5.38. The second-order valence-electron chi connectivity index (χ2n) is 8.32. The number of carbonyl (C=O) groups is 2. The molecule has 3 aromatic carbocycles. The first-order chi connectivity index (χ1) is 16.6. The summed E-state index contributed by atoms with van der Waals surface area (Å²) in [6.07, 6.45) is 1.61. The van der Waals surface area contributed by atoms with Crippen LogP contribution in [0.4, 0.5) is 0 Å². The van der Waals surface area contributed by atoms with Crippen molar-refractivity contribution < 1.29 is 14.3 Å². The van der Waals surface area contributed by atoms with E-state index in [-0.39, 0.29) is 23.2 Å². The van der Waals surface area contributed by atoms with Crippen LogP contribution in [0.3, 0.4) is 0 Å². The van der Waals surface area contributed by atoms with Crippen LogP contribution in [0, 0.1) is 0 Å². The number of carbonyl (C=O) groups excluding carboxylic acids is 2. The number of benzene rings is 3. The summed E-state index contributed by atoms with van der Waals surface area (Å²) >= 11 is 1.64. The Labute approximate surface area is 205 Å². The summed E-state index contributed by atoms with van der Waals surface area (Å²) in [4.78, 5) is 27.4. The monoisotopic (exact) mass is 474 g/mol. The molecule has 2 atom stereocenters. The Morgan fingerprint density at radius 3 is 2.41 bits per heavy atom. The molecule has 0 aliphatic carbocycles. The van der Waals surface area contributed by atoms with Gasteiger partial charge in [0.2, 0.25) is 5.91 Å². The smallest absolute Gasteiger partial charge is 0.251 e. The fourth-order valence-electron chi connectivity index (χ4n) is 4.16. The van der Waals surface area contributed by atoms with Crippen LogP contribution in [-0.2, 0) is 11.2 Å². The van der Waals surface area contributed by atoms with E-state index >= 15 is 0 Å². The van der Waals surface area contributed by atoms with Crippen molar-refractivity contribution in [1.82, 2.24) is 10.2 Å². The number of amides is 2. The molecule has 0 saturated carbocycles. The predicted octanol–water partition coefficient (Wildman–Crippen LogP) is 5.39. The lowest BCUT2D eigenvalue weighted by Gasteiger charge is -2.24. The first kappa shape index (κ1) is 23.9. The van der Waals surface area contributed by atoms with Crippen molar-refractivity contribution in [3.63, 3.8) is 0 Å². The van der Waals surface area contributed by atoms with Gasteiger partial charge >= 0.3 is 0 Å². The standard InChI is InChI=1S/C28H30N2O3S/c1-3-25(21-13-15-24(33-2)16-14-21)29-27(32)22-9-11-23(12-10-22)28-30(26(31)19-34-28)18-17-20-7-5-4-6-8-20/h4-16,25,28H,3,17-19H2,1-2H3,(H,29,32)/t25-,28-/m1/s1. The van der Waals surface area contributed by atoms with Crippen molar-refractivity contribution in [3.8, 4) is 5.75 Å². The average molecular weight is 475 g/mol. The van der Waals surface area contributed by atoms with Crippen LogP contribution in [0.2, 0.25) is 0 Å². The molecule has 1 heterocycles. The third-order valence-electron chi connectivity index (χ3n) is 6.14. The Morgan fingerprint density at radius 2 is 1.76 bits per heavy atom. The molecule has 0 spiro atoms. The van der Waals surface area contributed by atoms with Gasteiger partial charge in [-0.1, -0.05) is 61.5 Å². The van der Waals surface area contributed by atoms with E-state index in [4.69, 9.17) is 4.74 Å². The lowest BCUT2D eigenvalue weighted by atomic mass is 10.0. The molecule has 4 rings (SSSR count). The number of ether oxygens (including phenoxy) is 1. The summed E-state index contributed by atoms with van der Waals surface area (Å²) in [6, 6.07) is 25.6. The van der Waals surface area contributed by atoms with Crippen molar-refractivity contribution in [2.75, 3.05) is 19.4 Å². The summed E-state index contributed by atoms with van der Waals surface area (Å²) in [5.41, 5.74) is 3.92. The molecule has 176 valence electrons. The number of nitrogens with zero attached hydrogens (tertiary/aromatic N) is 1.